The van der Waals surface area contributed by atoms with Crippen molar-refractivity contribution >= 4 is 44.0 Å². The van der Waals surface area contributed by atoms with E-state index in [-0.39, 0.29) is 0 Å². The Labute approximate surface area is 219 Å². The Kier molecular flexibility index (Phi) is 4.49. The second kappa shape index (κ2) is 8.15. The van der Waals surface area contributed by atoms with Crippen LogP contribution in [0.3, 0.4) is 0 Å². The third-order valence-corrected chi connectivity index (χ3v) is 7.34. The molecule has 4 heteroatoms. The number of hydrogen-bond donors (Lipinski definition) is 0. The Morgan fingerprint density at radius 3 is 1.95 bits per heavy atom. The van der Waals surface area contributed by atoms with E-state index in [9.17, 15) is 0 Å². The summed E-state index contributed by atoms with van der Waals surface area (Å²) in [5.74, 6) is 0. The topological polar surface area (TPSA) is 35.6 Å². The molecule has 4 aromatic heterocycles. The molecule has 178 valence electrons. The molecule has 0 atom stereocenters. The average molecular weight is 487 g/mol. The molecule has 0 aliphatic heterocycles. The fourth-order valence-electron chi connectivity index (χ4n) is 5.68. The molecule has 8 rings (SSSR count). The third-order valence-electron chi connectivity index (χ3n) is 7.34. The number of nitrogens with zero attached hydrogens (tertiary/aromatic N) is 4. The molecule has 0 amide bonds. The number of para-hydroxylation sites is 2. The van der Waals surface area contributed by atoms with Gasteiger partial charge in [-0.1, -0.05) is 78.9 Å². The molecular formula is C34H22N4. The Balaban J connectivity index is 1.50. The van der Waals surface area contributed by atoms with Gasteiger partial charge in [0.1, 0.15) is 11.0 Å². The standard InChI is InChI=1S/C34H22N4/c1-3-11-23(12-4-1)24-13-9-16-26(21-24)38-28-18-8-7-17-27(28)32-30(38)22-31-34(36-32)33-29(19-10-20-35-33)37(31)25-14-5-2-6-15-25/h1-22H. The molecule has 4 heterocycles. The van der Waals surface area contributed by atoms with Gasteiger partial charge in [-0.3, -0.25) is 4.98 Å². The van der Waals surface area contributed by atoms with E-state index < -0.39 is 0 Å². The Morgan fingerprint density at radius 2 is 1.08 bits per heavy atom. The Bertz CT molecular complexity index is 2120. The molecule has 0 aliphatic carbocycles. The van der Waals surface area contributed by atoms with Crippen LogP contribution in [0.4, 0.5) is 0 Å². The van der Waals surface area contributed by atoms with Crippen molar-refractivity contribution in [1.82, 2.24) is 19.1 Å². The predicted octanol–water partition coefficient (Wildman–Crippen LogP) is 8.34. The lowest BCUT2D eigenvalue weighted by atomic mass is 10.1. The van der Waals surface area contributed by atoms with Crippen LogP contribution < -0.4 is 0 Å². The number of fused-ring (bicyclic) bond motifs is 6. The molecule has 8 aromatic rings. The van der Waals surface area contributed by atoms with Crippen molar-refractivity contribution in [3.05, 3.63) is 134 Å². The predicted molar refractivity (Wildman–Crippen MR) is 156 cm³/mol. The van der Waals surface area contributed by atoms with E-state index in [4.69, 9.17) is 9.97 Å². The lowest BCUT2D eigenvalue weighted by Crippen LogP contribution is -1.96. The minimum Gasteiger partial charge on any atom is -0.308 e. The van der Waals surface area contributed by atoms with Crippen LogP contribution in [0.5, 0.6) is 0 Å². The fraction of sp³-hybridized carbons (Fsp3) is 0. The van der Waals surface area contributed by atoms with Crippen molar-refractivity contribution in [2.24, 2.45) is 0 Å². The van der Waals surface area contributed by atoms with Gasteiger partial charge in [0, 0.05) is 23.0 Å². The molecule has 4 nitrogen and oxygen atoms in total. The first kappa shape index (κ1) is 20.9. The summed E-state index contributed by atoms with van der Waals surface area (Å²) < 4.78 is 4.61. The number of hydrogen-bond acceptors (Lipinski definition) is 2. The monoisotopic (exact) mass is 486 g/mol. The smallest absolute Gasteiger partial charge is 0.116 e. The van der Waals surface area contributed by atoms with E-state index in [1.54, 1.807) is 0 Å². The number of rotatable bonds is 3. The maximum absolute atomic E-state index is 5.30. The maximum atomic E-state index is 5.30. The zero-order chi connectivity index (χ0) is 25.1. The lowest BCUT2D eigenvalue weighted by Gasteiger charge is -2.11. The van der Waals surface area contributed by atoms with Gasteiger partial charge in [-0.05, 0) is 59.7 Å². The highest BCUT2D eigenvalue weighted by molar-refractivity contribution is 6.14. The molecule has 0 fully saturated rings. The fourth-order valence-corrected chi connectivity index (χ4v) is 5.68. The van der Waals surface area contributed by atoms with Crippen LogP contribution in [0.15, 0.2) is 134 Å². The van der Waals surface area contributed by atoms with E-state index in [0.29, 0.717) is 0 Å². The van der Waals surface area contributed by atoms with Crippen molar-refractivity contribution in [2.75, 3.05) is 0 Å². The van der Waals surface area contributed by atoms with Gasteiger partial charge in [-0.25, -0.2) is 4.98 Å². The zero-order valence-electron chi connectivity index (χ0n) is 20.5. The van der Waals surface area contributed by atoms with Gasteiger partial charge in [-0.2, -0.15) is 0 Å². The van der Waals surface area contributed by atoms with Crippen LogP contribution >= 0.6 is 0 Å². The van der Waals surface area contributed by atoms with Crippen LogP contribution in [0.2, 0.25) is 0 Å². The molecule has 0 aliphatic rings. The van der Waals surface area contributed by atoms with Gasteiger partial charge in [-0.15, -0.1) is 0 Å². The lowest BCUT2D eigenvalue weighted by molar-refractivity contribution is 1.16. The molecule has 0 saturated carbocycles. The van der Waals surface area contributed by atoms with Gasteiger partial charge in [0.2, 0.25) is 0 Å². The van der Waals surface area contributed by atoms with Crippen LogP contribution in [-0.2, 0) is 0 Å². The maximum Gasteiger partial charge on any atom is 0.116 e. The first-order chi connectivity index (χ1) is 18.9. The average Bonchev–Trinajstić information content (AvgIpc) is 3.49. The second-order valence-electron chi connectivity index (χ2n) is 9.53. The van der Waals surface area contributed by atoms with Crippen molar-refractivity contribution in [2.45, 2.75) is 0 Å². The quantitative estimate of drug-likeness (QED) is 0.252. The first-order valence-corrected chi connectivity index (χ1v) is 12.8. The molecular weight excluding hydrogens is 464 g/mol. The van der Waals surface area contributed by atoms with E-state index >= 15 is 0 Å². The largest absolute Gasteiger partial charge is 0.308 e. The van der Waals surface area contributed by atoms with Gasteiger partial charge in [0.15, 0.2) is 0 Å². The van der Waals surface area contributed by atoms with Gasteiger partial charge >= 0.3 is 0 Å². The third kappa shape index (κ3) is 3.04. The highest BCUT2D eigenvalue weighted by atomic mass is 15.0. The van der Waals surface area contributed by atoms with Crippen molar-refractivity contribution in [1.29, 1.82) is 0 Å². The molecule has 38 heavy (non-hydrogen) atoms. The molecule has 0 N–H and O–H groups in total. The molecule has 0 saturated heterocycles. The van der Waals surface area contributed by atoms with E-state index in [1.165, 1.54) is 11.1 Å². The highest BCUT2D eigenvalue weighted by Crippen LogP contribution is 2.37. The minimum absolute atomic E-state index is 0.913. The van der Waals surface area contributed by atoms with Crippen molar-refractivity contribution in [3.63, 3.8) is 0 Å². The Morgan fingerprint density at radius 1 is 0.421 bits per heavy atom. The number of pyridine rings is 2. The minimum atomic E-state index is 0.913. The van der Waals surface area contributed by atoms with Gasteiger partial charge in [0.25, 0.3) is 0 Å². The van der Waals surface area contributed by atoms with E-state index in [1.807, 2.05) is 18.3 Å². The van der Waals surface area contributed by atoms with Crippen LogP contribution in [0.1, 0.15) is 0 Å². The van der Waals surface area contributed by atoms with Gasteiger partial charge in [0.05, 0.1) is 27.6 Å². The van der Waals surface area contributed by atoms with E-state index in [0.717, 1.165) is 55.4 Å². The van der Waals surface area contributed by atoms with Crippen LogP contribution in [-0.4, -0.2) is 19.1 Å². The zero-order valence-corrected chi connectivity index (χ0v) is 20.5. The molecule has 4 aromatic carbocycles. The molecule has 0 spiro atoms. The summed E-state index contributed by atoms with van der Waals surface area (Å²) in [6, 6.07) is 44.6. The van der Waals surface area contributed by atoms with Crippen molar-refractivity contribution in [3.8, 4) is 22.5 Å². The van der Waals surface area contributed by atoms with E-state index in [2.05, 4.69) is 124 Å². The summed E-state index contributed by atoms with van der Waals surface area (Å²) in [5, 5.41) is 1.13. The van der Waals surface area contributed by atoms with Crippen LogP contribution in [0.25, 0.3) is 66.5 Å². The summed E-state index contributed by atoms with van der Waals surface area (Å²) in [6.45, 7) is 0. The Hall–Kier alpha value is -5.22. The molecule has 0 unspecified atom stereocenters. The number of aromatic nitrogens is 4. The first-order valence-electron chi connectivity index (χ1n) is 12.8. The SMILES string of the molecule is c1ccc(-c2cccc(-n3c4ccccc4c4nc5c6ncccc6n(-c6ccccc6)c5cc43)c2)cc1. The highest BCUT2D eigenvalue weighted by Gasteiger charge is 2.20. The number of benzene rings is 4. The summed E-state index contributed by atoms with van der Waals surface area (Å²) in [6.07, 6.45) is 1.85. The summed E-state index contributed by atoms with van der Waals surface area (Å²) >= 11 is 0. The molecule has 0 radical (unpaired) electrons. The second-order valence-corrected chi connectivity index (χ2v) is 9.53. The summed E-state index contributed by atoms with van der Waals surface area (Å²) in [5.41, 5.74) is 11.7. The van der Waals surface area contributed by atoms with Crippen LogP contribution in [0, 0.1) is 0 Å². The molecule has 0 bridgehead atoms. The van der Waals surface area contributed by atoms with Crippen molar-refractivity contribution < 1.29 is 0 Å². The normalized spacial score (nSPS) is 11.7. The summed E-state index contributed by atoms with van der Waals surface area (Å²) in [4.78, 5) is 10.1. The summed E-state index contributed by atoms with van der Waals surface area (Å²) in [7, 11) is 0. The van der Waals surface area contributed by atoms with Gasteiger partial charge < -0.3 is 9.13 Å².